The molecular weight excluding hydrogens is 262 g/mol. The van der Waals surface area contributed by atoms with Gasteiger partial charge in [0.05, 0.1) is 17.8 Å². The second-order valence-electron chi connectivity index (χ2n) is 5.37. The third-order valence-corrected chi connectivity index (χ3v) is 3.83. The molecule has 4 heteroatoms. The van der Waals surface area contributed by atoms with E-state index in [1.54, 1.807) is 0 Å². The molecule has 2 aromatic carbocycles. The SMILES string of the molecule is CCN(c1ccc(C)cc1)c1cc2c(cc1N)CC(=O)N2. The number of fused-ring (bicyclic) bond motifs is 1. The van der Waals surface area contributed by atoms with Gasteiger partial charge >= 0.3 is 0 Å². The van der Waals surface area contributed by atoms with E-state index in [0.29, 0.717) is 12.1 Å². The van der Waals surface area contributed by atoms with Crippen LogP contribution in [0.5, 0.6) is 0 Å². The van der Waals surface area contributed by atoms with E-state index >= 15 is 0 Å². The molecule has 0 unspecified atom stereocenters. The van der Waals surface area contributed by atoms with Gasteiger partial charge in [0.1, 0.15) is 0 Å². The van der Waals surface area contributed by atoms with E-state index in [4.69, 9.17) is 5.73 Å². The summed E-state index contributed by atoms with van der Waals surface area (Å²) in [4.78, 5) is 13.7. The number of nitrogens with two attached hydrogens (primary N) is 1. The van der Waals surface area contributed by atoms with E-state index < -0.39 is 0 Å². The molecule has 3 rings (SSSR count). The van der Waals surface area contributed by atoms with Crippen LogP contribution < -0.4 is 16.0 Å². The van der Waals surface area contributed by atoms with Crippen LogP contribution in [0, 0.1) is 6.92 Å². The number of hydrogen-bond donors (Lipinski definition) is 2. The van der Waals surface area contributed by atoms with Gasteiger partial charge in [-0.1, -0.05) is 17.7 Å². The number of nitrogen functional groups attached to an aromatic ring is 1. The zero-order valence-electron chi connectivity index (χ0n) is 12.3. The quantitative estimate of drug-likeness (QED) is 0.849. The second-order valence-corrected chi connectivity index (χ2v) is 5.37. The molecule has 0 aliphatic carbocycles. The summed E-state index contributed by atoms with van der Waals surface area (Å²) >= 11 is 0. The molecule has 0 radical (unpaired) electrons. The number of carbonyl (C=O) groups excluding carboxylic acids is 1. The van der Waals surface area contributed by atoms with E-state index in [9.17, 15) is 4.79 Å². The monoisotopic (exact) mass is 281 g/mol. The first-order valence-corrected chi connectivity index (χ1v) is 7.15. The lowest BCUT2D eigenvalue weighted by Gasteiger charge is -2.25. The van der Waals surface area contributed by atoms with Crippen molar-refractivity contribution < 1.29 is 4.79 Å². The van der Waals surface area contributed by atoms with E-state index in [-0.39, 0.29) is 5.91 Å². The van der Waals surface area contributed by atoms with Crippen molar-refractivity contribution in [2.24, 2.45) is 0 Å². The highest BCUT2D eigenvalue weighted by Crippen LogP contribution is 2.36. The Morgan fingerprint density at radius 3 is 2.62 bits per heavy atom. The minimum Gasteiger partial charge on any atom is -0.397 e. The van der Waals surface area contributed by atoms with Gasteiger partial charge in [0.2, 0.25) is 5.91 Å². The summed E-state index contributed by atoms with van der Waals surface area (Å²) in [5.74, 6) is 0.0277. The Balaban J connectivity index is 2.03. The molecule has 0 aromatic heterocycles. The Hall–Kier alpha value is -2.49. The molecule has 4 nitrogen and oxygen atoms in total. The highest BCUT2D eigenvalue weighted by molar-refractivity contribution is 6.01. The summed E-state index contributed by atoms with van der Waals surface area (Å²) in [6, 6.07) is 12.2. The molecule has 0 saturated carbocycles. The lowest BCUT2D eigenvalue weighted by molar-refractivity contribution is -0.115. The summed E-state index contributed by atoms with van der Waals surface area (Å²) in [5, 5.41) is 2.88. The molecule has 0 spiro atoms. The van der Waals surface area contributed by atoms with Crippen molar-refractivity contribution >= 4 is 28.7 Å². The van der Waals surface area contributed by atoms with Crippen molar-refractivity contribution in [2.45, 2.75) is 20.3 Å². The Morgan fingerprint density at radius 1 is 1.24 bits per heavy atom. The van der Waals surface area contributed by atoms with E-state index in [0.717, 1.165) is 29.2 Å². The summed E-state index contributed by atoms with van der Waals surface area (Å²) in [5.41, 5.74) is 12.0. The molecule has 0 bridgehead atoms. The highest BCUT2D eigenvalue weighted by atomic mass is 16.1. The predicted octanol–water partition coefficient (Wildman–Crippen LogP) is 3.23. The van der Waals surface area contributed by atoms with Crippen LogP contribution in [0.3, 0.4) is 0 Å². The average molecular weight is 281 g/mol. The van der Waals surface area contributed by atoms with Crippen molar-refractivity contribution in [3.8, 4) is 0 Å². The molecule has 3 N–H and O–H groups in total. The van der Waals surface area contributed by atoms with Crippen molar-refractivity contribution in [2.75, 3.05) is 22.5 Å². The number of nitrogens with zero attached hydrogens (tertiary/aromatic N) is 1. The minimum absolute atomic E-state index is 0.0277. The minimum atomic E-state index is 0.0277. The fraction of sp³-hybridized carbons (Fsp3) is 0.235. The number of amides is 1. The van der Waals surface area contributed by atoms with Crippen molar-refractivity contribution in [3.63, 3.8) is 0 Å². The molecule has 0 atom stereocenters. The van der Waals surface area contributed by atoms with Gasteiger partial charge in [0.25, 0.3) is 0 Å². The number of aryl methyl sites for hydroxylation is 1. The molecule has 2 aromatic rings. The first-order chi connectivity index (χ1) is 10.1. The molecule has 21 heavy (non-hydrogen) atoms. The maximum Gasteiger partial charge on any atom is 0.228 e. The maximum absolute atomic E-state index is 11.5. The van der Waals surface area contributed by atoms with Crippen LogP contribution in [0.25, 0.3) is 0 Å². The average Bonchev–Trinajstić information content (AvgIpc) is 2.81. The normalized spacial score (nSPS) is 13.0. The fourth-order valence-corrected chi connectivity index (χ4v) is 2.73. The Morgan fingerprint density at radius 2 is 1.95 bits per heavy atom. The van der Waals surface area contributed by atoms with Gasteiger partial charge in [-0.2, -0.15) is 0 Å². The smallest absolute Gasteiger partial charge is 0.228 e. The fourth-order valence-electron chi connectivity index (χ4n) is 2.73. The molecule has 0 fully saturated rings. The summed E-state index contributed by atoms with van der Waals surface area (Å²) in [6.07, 6.45) is 0.413. The largest absolute Gasteiger partial charge is 0.397 e. The van der Waals surface area contributed by atoms with Crippen LogP contribution in [-0.4, -0.2) is 12.5 Å². The van der Waals surface area contributed by atoms with E-state index in [1.807, 2.05) is 12.1 Å². The summed E-state index contributed by atoms with van der Waals surface area (Å²) < 4.78 is 0. The summed E-state index contributed by atoms with van der Waals surface area (Å²) in [6.45, 7) is 4.96. The molecule has 0 saturated heterocycles. The van der Waals surface area contributed by atoms with Crippen LogP contribution in [-0.2, 0) is 11.2 Å². The molecule has 1 aliphatic rings. The standard InChI is InChI=1S/C17H19N3O/c1-3-20(13-6-4-11(2)5-7-13)16-10-15-12(8-14(16)18)9-17(21)19-15/h4-8,10H,3,9,18H2,1-2H3,(H,19,21). The van der Waals surface area contributed by atoms with Gasteiger partial charge in [-0.15, -0.1) is 0 Å². The first-order valence-electron chi connectivity index (χ1n) is 7.15. The topological polar surface area (TPSA) is 58.4 Å². The van der Waals surface area contributed by atoms with Crippen LogP contribution in [0.2, 0.25) is 0 Å². The van der Waals surface area contributed by atoms with Crippen molar-refractivity contribution in [3.05, 3.63) is 47.5 Å². The molecule has 1 amide bonds. The van der Waals surface area contributed by atoms with Gasteiger partial charge in [-0.25, -0.2) is 0 Å². The number of rotatable bonds is 3. The summed E-state index contributed by atoms with van der Waals surface area (Å²) in [7, 11) is 0. The number of nitrogens with one attached hydrogen (secondary N) is 1. The molecule has 108 valence electrons. The molecule has 1 heterocycles. The molecule has 1 aliphatic heterocycles. The van der Waals surface area contributed by atoms with Crippen LogP contribution in [0.4, 0.5) is 22.7 Å². The highest BCUT2D eigenvalue weighted by Gasteiger charge is 2.21. The van der Waals surface area contributed by atoms with Gasteiger partial charge in [0.15, 0.2) is 0 Å². The molecular formula is C17H19N3O. The van der Waals surface area contributed by atoms with Gasteiger partial charge in [0, 0.05) is 17.9 Å². The van der Waals surface area contributed by atoms with Gasteiger partial charge in [-0.05, 0) is 43.7 Å². The second kappa shape index (κ2) is 5.13. The van der Waals surface area contributed by atoms with Crippen molar-refractivity contribution in [1.82, 2.24) is 0 Å². The van der Waals surface area contributed by atoms with Crippen LogP contribution in [0.1, 0.15) is 18.1 Å². The zero-order chi connectivity index (χ0) is 15.0. The number of carbonyl (C=O) groups is 1. The Kier molecular flexibility index (Phi) is 3.29. The Labute approximate surface area is 124 Å². The number of benzene rings is 2. The zero-order valence-corrected chi connectivity index (χ0v) is 12.3. The van der Waals surface area contributed by atoms with Crippen molar-refractivity contribution in [1.29, 1.82) is 0 Å². The first kappa shape index (κ1) is 13.5. The van der Waals surface area contributed by atoms with E-state index in [1.165, 1.54) is 5.56 Å². The third kappa shape index (κ3) is 2.44. The van der Waals surface area contributed by atoms with E-state index in [2.05, 4.69) is 48.3 Å². The lowest BCUT2D eigenvalue weighted by atomic mass is 10.1. The number of hydrogen-bond acceptors (Lipinski definition) is 3. The number of anilines is 4. The third-order valence-electron chi connectivity index (χ3n) is 3.83. The van der Waals surface area contributed by atoms with Gasteiger partial charge < -0.3 is 16.0 Å². The Bertz CT molecular complexity index is 692. The van der Waals surface area contributed by atoms with Gasteiger partial charge in [-0.3, -0.25) is 4.79 Å². The van der Waals surface area contributed by atoms with Crippen LogP contribution >= 0.6 is 0 Å². The lowest BCUT2D eigenvalue weighted by Crippen LogP contribution is -2.17. The predicted molar refractivity (Wildman–Crippen MR) is 87.0 cm³/mol. The maximum atomic E-state index is 11.5. The van der Waals surface area contributed by atoms with Crippen LogP contribution in [0.15, 0.2) is 36.4 Å².